The van der Waals surface area contributed by atoms with Crippen molar-refractivity contribution < 1.29 is 28.2 Å². The average Bonchev–Trinajstić information content (AvgIpc) is 3.70. The van der Waals surface area contributed by atoms with Crippen molar-refractivity contribution in [2.75, 3.05) is 51.3 Å². The third-order valence-electron chi connectivity index (χ3n) is 8.34. The number of hydrogen-bond donors (Lipinski definition) is 1. The van der Waals surface area contributed by atoms with Crippen LogP contribution in [0.5, 0.6) is 11.5 Å². The Hall–Kier alpha value is -3.70. The first kappa shape index (κ1) is 29.4. The van der Waals surface area contributed by atoms with E-state index in [2.05, 4.69) is 20.2 Å². The second-order valence-electron chi connectivity index (χ2n) is 11.3. The number of hydrogen-bond acceptors (Lipinski definition) is 9. The summed E-state index contributed by atoms with van der Waals surface area (Å²) in [6.07, 6.45) is 6.36. The molecule has 3 aromatic rings. The molecule has 1 N–H and O–H groups in total. The summed E-state index contributed by atoms with van der Waals surface area (Å²) in [5.74, 6) is 1.40. The van der Waals surface area contributed by atoms with E-state index in [4.69, 9.17) is 25.8 Å². The SMILES string of the molecule is O=C1CC[C@@H](C(=O)N2CCN(CCOc3cc4ncnc(Nc5ccc(F)c(Cl)c5)c4cc3OCC3CCCC3)CC2)O1. The number of benzene rings is 2. The zero-order valence-electron chi connectivity index (χ0n) is 23.9. The summed E-state index contributed by atoms with van der Waals surface area (Å²) in [5.41, 5.74) is 1.28. The van der Waals surface area contributed by atoms with Crippen LogP contribution >= 0.6 is 11.6 Å². The fourth-order valence-electron chi connectivity index (χ4n) is 5.86. The standard InChI is InChI=1S/C31H35ClFN5O5/c32-23-15-21(5-6-24(23)33)36-30-22-16-27(42-18-20-3-1-2-4-20)28(17-25(22)34-19-35-30)41-14-13-37-9-11-38(12-10-37)31(40)26-7-8-29(39)43-26/h5-6,15-17,19-20,26H,1-4,7-14,18H2,(H,34,35,36)/t26-/m0/s1. The first-order valence-corrected chi connectivity index (χ1v) is 15.3. The van der Waals surface area contributed by atoms with Crippen molar-refractivity contribution in [3.8, 4) is 11.5 Å². The lowest BCUT2D eigenvalue weighted by atomic mass is 10.1. The Kier molecular flexibility index (Phi) is 9.08. The molecule has 2 saturated heterocycles. The van der Waals surface area contributed by atoms with E-state index in [0.29, 0.717) is 93.2 Å². The highest BCUT2D eigenvalue weighted by molar-refractivity contribution is 6.31. The van der Waals surface area contributed by atoms with E-state index in [1.807, 2.05) is 12.1 Å². The number of amides is 1. The zero-order valence-corrected chi connectivity index (χ0v) is 24.7. The van der Waals surface area contributed by atoms with Gasteiger partial charge in [-0.1, -0.05) is 24.4 Å². The first-order valence-electron chi connectivity index (χ1n) is 14.9. The molecule has 3 fully saturated rings. The summed E-state index contributed by atoms with van der Waals surface area (Å²) >= 11 is 5.98. The van der Waals surface area contributed by atoms with E-state index in [1.54, 1.807) is 11.0 Å². The predicted molar refractivity (Wildman–Crippen MR) is 159 cm³/mol. The smallest absolute Gasteiger partial charge is 0.306 e. The molecule has 1 aliphatic carbocycles. The average molecular weight is 612 g/mol. The normalized spacial score (nSPS) is 19.5. The number of esters is 1. The lowest BCUT2D eigenvalue weighted by Crippen LogP contribution is -2.52. The number of carbonyl (C=O) groups is 2. The van der Waals surface area contributed by atoms with Gasteiger partial charge in [-0.2, -0.15) is 0 Å². The molecular formula is C31H35ClFN5O5. The number of aromatic nitrogens is 2. The van der Waals surface area contributed by atoms with E-state index >= 15 is 0 Å². The number of fused-ring (bicyclic) bond motifs is 1. The largest absolute Gasteiger partial charge is 0.489 e. The summed E-state index contributed by atoms with van der Waals surface area (Å²) < 4.78 is 31.4. The lowest BCUT2D eigenvalue weighted by Gasteiger charge is -2.35. The first-order chi connectivity index (χ1) is 20.9. The Morgan fingerprint density at radius 2 is 1.84 bits per heavy atom. The molecule has 6 rings (SSSR count). The Bertz CT molecular complexity index is 1480. The number of nitrogens with zero attached hydrogens (tertiary/aromatic N) is 4. The second-order valence-corrected chi connectivity index (χ2v) is 11.7. The van der Waals surface area contributed by atoms with Crippen molar-refractivity contribution in [3.63, 3.8) is 0 Å². The van der Waals surface area contributed by atoms with Crippen LogP contribution in [0.1, 0.15) is 38.5 Å². The maximum atomic E-state index is 13.7. The highest BCUT2D eigenvalue weighted by Gasteiger charge is 2.34. The van der Waals surface area contributed by atoms with Gasteiger partial charge in [-0.25, -0.2) is 14.4 Å². The van der Waals surface area contributed by atoms with Gasteiger partial charge in [0.15, 0.2) is 17.6 Å². The van der Waals surface area contributed by atoms with Crippen LogP contribution in [-0.4, -0.2) is 83.7 Å². The highest BCUT2D eigenvalue weighted by atomic mass is 35.5. The van der Waals surface area contributed by atoms with Gasteiger partial charge in [0.1, 0.15) is 24.6 Å². The molecule has 12 heteroatoms. The van der Waals surface area contributed by atoms with Crippen LogP contribution in [0.3, 0.4) is 0 Å². The minimum atomic E-state index is -0.633. The summed E-state index contributed by atoms with van der Waals surface area (Å²) in [6, 6.07) is 8.18. The Labute approximate surface area is 254 Å². The van der Waals surface area contributed by atoms with Gasteiger partial charge in [0.25, 0.3) is 5.91 Å². The van der Waals surface area contributed by atoms with Crippen molar-refractivity contribution in [2.24, 2.45) is 5.92 Å². The van der Waals surface area contributed by atoms with Gasteiger partial charge in [0.05, 0.1) is 17.1 Å². The number of halogens is 2. The molecule has 1 amide bonds. The van der Waals surface area contributed by atoms with Crippen LogP contribution in [0.25, 0.3) is 10.9 Å². The molecule has 43 heavy (non-hydrogen) atoms. The van der Waals surface area contributed by atoms with Gasteiger partial charge in [0.2, 0.25) is 0 Å². The quantitative estimate of drug-likeness (QED) is 0.318. The Morgan fingerprint density at radius 3 is 2.58 bits per heavy atom. The molecule has 10 nitrogen and oxygen atoms in total. The van der Waals surface area contributed by atoms with Crippen LogP contribution in [0.4, 0.5) is 15.9 Å². The van der Waals surface area contributed by atoms with Crippen LogP contribution in [0.15, 0.2) is 36.7 Å². The van der Waals surface area contributed by atoms with E-state index in [-0.39, 0.29) is 16.9 Å². The van der Waals surface area contributed by atoms with Gasteiger partial charge in [-0.05, 0) is 43.0 Å². The Morgan fingerprint density at radius 1 is 1.05 bits per heavy atom. The number of rotatable bonds is 10. The molecule has 0 bridgehead atoms. The zero-order chi connectivity index (χ0) is 29.8. The second kappa shape index (κ2) is 13.3. The van der Waals surface area contributed by atoms with Gasteiger partial charge in [-0.15, -0.1) is 0 Å². The molecule has 0 unspecified atom stereocenters. The molecule has 2 aromatic carbocycles. The van der Waals surface area contributed by atoms with Crippen molar-refractivity contribution in [3.05, 3.63) is 47.5 Å². The molecule has 1 saturated carbocycles. The number of cyclic esters (lactones) is 1. The van der Waals surface area contributed by atoms with E-state index < -0.39 is 11.9 Å². The predicted octanol–water partition coefficient (Wildman–Crippen LogP) is 4.96. The molecular weight excluding hydrogens is 577 g/mol. The van der Waals surface area contributed by atoms with Crippen molar-refractivity contribution in [1.82, 2.24) is 19.8 Å². The van der Waals surface area contributed by atoms with Crippen LogP contribution in [0.2, 0.25) is 5.02 Å². The monoisotopic (exact) mass is 611 g/mol. The number of anilines is 2. The van der Waals surface area contributed by atoms with Crippen molar-refractivity contribution in [1.29, 1.82) is 0 Å². The topological polar surface area (TPSA) is 106 Å². The van der Waals surface area contributed by atoms with Crippen molar-refractivity contribution in [2.45, 2.75) is 44.6 Å². The van der Waals surface area contributed by atoms with Gasteiger partial charge >= 0.3 is 5.97 Å². The van der Waals surface area contributed by atoms with Crippen LogP contribution in [0, 0.1) is 11.7 Å². The minimum absolute atomic E-state index is 0.0203. The molecule has 1 atom stereocenters. The van der Waals surface area contributed by atoms with E-state index in [1.165, 1.54) is 31.3 Å². The van der Waals surface area contributed by atoms with Crippen LogP contribution in [-0.2, 0) is 14.3 Å². The third-order valence-corrected chi connectivity index (χ3v) is 8.63. The Balaban J connectivity index is 1.12. The number of ether oxygens (including phenoxy) is 3. The fourth-order valence-corrected chi connectivity index (χ4v) is 6.04. The lowest BCUT2D eigenvalue weighted by molar-refractivity contribution is -0.153. The van der Waals surface area contributed by atoms with Gasteiger partial charge < -0.3 is 24.4 Å². The fraction of sp³-hybridized carbons (Fsp3) is 0.484. The number of nitrogens with one attached hydrogen (secondary N) is 1. The van der Waals surface area contributed by atoms with Crippen LogP contribution < -0.4 is 14.8 Å². The van der Waals surface area contributed by atoms with E-state index in [0.717, 1.165) is 18.2 Å². The summed E-state index contributed by atoms with van der Waals surface area (Å²) in [5, 5.41) is 3.98. The maximum absolute atomic E-state index is 13.7. The number of carbonyl (C=O) groups excluding carboxylic acids is 2. The van der Waals surface area contributed by atoms with E-state index in [9.17, 15) is 14.0 Å². The summed E-state index contributed by atoms with van der Waals surface area (Å²) in [6.45, 7) is 4.34. The third kappa shape index (κ3) is 7.10. The van der Waals surface area contributed by atoms with Gasteiger partial charge in [0, 0.05) is 62.7 Å². The van der Waals surface area contributed by atoms with Gasteiger partial charge in [-0.3, -0.25) is 14.5 Å². The minimum Gasteiger partial charge on any atom is -0.489 e. The molecule has 2 aliphatic heterocycles. The molecule has 0 radical (unpaired) electrons. The summed E-state index contributed by atoms with van der Waals surface area (Å²) in [4.78, 5) is 37.0. The number of piperazine rings is 1. The molecule has 228 valence electrons. The molecule has 3 heterocycles. The molecule has 3 aliphatic rings. The highest BCUT2D eigenvalue weighted by Crippen LogP contribution is 2.36. The van der Waals surface area contributed by atoms with Crippen molar-refractivity contribution >= 4 is 45.9 Å². The molecule has 0 spiro atoms. The summed E-state index contributed by atoms with van der Waals surface area (Å²) in [7, 11) is 0. The molecule has 1 aromatic heterocycles. The maximum Gasteiger partial charge on any atom is 0.306 e.